The number of anilines is 2. The van der Waals surface area contributed by atoms with Crippen molar-refractivity contribution in [3.63, 3.8) is 0 Å². The summed E-state index contributed by atoms with van der Waals surface area (Å²) < 4.78 is 1.85. The Kier molecular flexibility index (Phi) is 5.79. The highest BCUT2D eigenvalue weighted by molar-refractivity contribution is 5.91. The van der Waals surface area contributed by atoms with Crippen LogP contribution in [0.3, 0.4) is 0 Å². The number of imidazole rings is 1. The van der Waals surface area contributed by atoms with Crippen LogP contribution in [-0.2, 0) is 11.3 Å². The van der Waals surface area contributed by atoms with E-state index in [9.17, 15) is 4.79 Å². The summed E-state index contributed by atoms with van der Waals surface area (Å²) in [5.74, 6) is 0.856. The Morgan fingerprint density at radius 1 is 0.875 bits per heavy atom. The molecule has 0 bridgehead atoms. The molecule has 162 valence electrons. The molecule has 7 heteroatoms. The molecular formula is C25H26N6O. The van der Waals surface area contributed by atoms with E-state index in [4.69, 9.17) is 0 Å². The molecule has 0 aliphatic carbocycles. The first-order valence-electron chi connectivity index (χ1n) is 11.2. The second kappa shape index (κ2) is 9.18. The minimum absolute atomic E-state index is 0.0949. The highest BCUT2D eigenvalue weighted by atomic mass is 16.1. The molecule has 2 aromatic carbocycles. The van der Waals surface area contributed by atoms with E-state index in [-0.39, 0.29) is 12.5 Å². The number of fused-ring (bicyclic) bond motifs is 1. The zero-order valence-corrected chi connectivity index (χ0v) is 17.9. The van der Waals surface area contributed by atoms with Gasteiger partial charge in [0.25, 0.3) is 0 Å². The zero-order valence-electron chi connectivity index (χ0n) is 17.9. The van der Waals surface area contributed by atoms with Gasteiger partial charge in [0.1, 0.15) is 6.54 Å². The van der Waals surface area contributed by atoms with Crippen LogP contribution in [0.1, 0.15) is 25.7 Å². The zero-order chi connectivity index (χ0) is 21.8. The molecule has 2 aromatic heterocycles. The van der Waals surface area contributed by atoms with Gasteiger partial charge in [0, 0.05) is 24.3 Å². The van der Waals surface area contributed by atoms with E-state index in [2.05, 4.69) is 31.5 Å². The molecule has 3 heterocycles. The number of benzene rings is 2. The van der Waals surface area contributed by atoms with Crippen LogP contribution in [0.15, 0.2) is 67.0 Å². The van der Waals surface area contributed by atoms with Gasteiger partial charge in [-0.2, -0.15) is 0 Å². The Labute approximate surface area is 187 Å². The van der Waals surface area contributed by atoms with Crippen molar-refractivity contribution in [2.45, 2.75) is 32.2 Å². The Morgan fingerprint density at radius 3 is 2.41 bits per heavy atom. The topological polar surface area (TPSA) is 75.9 Å². The highest BCUT2D eigenvalue weighted by Crippen LogP contribution is 2.22. The van der Waals surface area contributed by atoms with Gasteiger partial charge >= 0.3 is 0 Å². The number of hydrogen-bond donors (Lipinski definition) is 1. The molecule has 7 nitrogen and oxygen atoms in total. The van der Waals surface area contributed by atoms with Crippen LogP contribution in [0.5, 0.6) is 0 Å². The SMILES string of the molecule is O=C(Cn1cnc2ccccc21)Nc1ccc(-c2ccc(N3CCCCCC3)nn2)cc1. The van der Waals surface area contributed by atoms with Crippen molar-refractivity contribution >= 4 is 28.4 Å². The summed E-state index contributed by atoms with van der Waals surface area (Å²) in [5.41, 5.74) is 4.37. The number of nitrogens with one attached hydrogen (secondary N) is 1. The van der Waals surface area contributed by atoms with Crippen LogP contribution in [-0.4, -0.2) is 38.7 Å². The fourth-order valence-electron chi connectivity index (χ4n) is 4.16. The van der Waals surface area contributed by atoms with Gasteiger partial charge in [0.05, 0.1) is 23.1 Å². The molecule has 1 N–H and O–H groups in total. The second-order valence-electron chi connectivity index (χ2n) is 8.16. The second-order valence-corrected chi connectivity index (χ2v) is 8.16. The largest absolute Gasteiger partial charge is 0.355 e. The van der Waals surface area contributed by atoms with Gasteiger partial charge < -0.3 is 14.8 Å². The Balaban J connectivity index is 1.22. The van der Waals surface area contributed by atoms with Gasteiger partial charge in [0.2, 0.25) is 5.91 Å². The third-order valence-corrected chi connectivity index (χ3v) is 5.89. The number of aromatic nitrogens is 4. The van der Waals surface area contributed by atoms with E-state index in [1.54, 1.807) is 6.33 Å². The molecule has 0 saturated carbocycles. The number of nitrogens with zero attached hydrogens (tertiary/aromatic N) is 5. The molecule has 0 unspecified atom stereocenters. The molecule has 1 saturated heterocycles. The molecule has 4 aromatic rings. The van der Waals surface area contributed by atoms with Crippen molar-refractivity contribution in [3.05, 3.63) is 67.0 Å². The van der Waals surface area contributed by atoms with Gasteiger partial charge in [0.15, 0.2) is 5.82 Å². The molecule has 1 amide bonds. The van der Waals surface area contributed by atoms with Crippen LogP contribution in [0, 0.1) is 0 Å². The summed E-state index contributed by atoms with van der Waals surface area (Å²) in [7, 11) is 0. The van der Waals surface area contributed by atoms with Crippen LogP contribution in [0.4, 0.5) is 11.5 Å². The average Bonchev–Trinajstić information content (AvgIpc) is 3.04. The van der Waals surface area contributed by atoms with Crippen molar-refractivity contribution in [2.24, 2.45) is 0 Å². The highest BCUT2D eigenvalue weighted by Gasteiger charge is 2.12. The monoisotopic (exact) mass is 426 g/mol. The maximum absolute atomic E-state index is 12.5. The van der Waals surface area contributed by atoms with Gasteiger partial charge in [-0.1, -0.05) is 37.1 Å². The standard InChI is InChI=1S/C25H26N6O/c32-25(17-31-18-26-22-7-3-4-8-23(22)31)27-20-11-9-19(10-12-20)21-13-14-24(29-28-21)30-15-5-1-2-6-16-30/h3-4,7-14,18H,1-2,5-6,15-17H2,(H,27,32). The van der Waals surface area contributed by atoms with Gasteiger partial charge in [-0.15, -0.1) is 10.2 Å². The Morgan fingerprint density at radius 2 is 1.66 bits per heavy atom. The first kappa shape index (κ1) is 20.2. The lowest BCUT2D eigenvalue weighted by Gasteiger charge is -2.20. The van der Waals surface area contributed by atoms with Crippen molar-refractivity contribution in [3.8, 4) is 11.3 Å². The fourth-order valence-corrected chi connectivity index (χ4v) is 4.16. The number of para-hydroxylation sites is 2. The van der Waals surface area contributed by atoms with Gasteiger partial charge in [-0.25, -0.2) is 4.98 Å². The summed E-state index contributed by atoms with van der Waals surface area (Å²) in [4.78, 5) is 19.2. The lowest BCUT2D eigenvalue weighted by atomic mass is 10.1. The van der Waals surface area contributed by atoms with Gasteiger partial charge in [-0.3, -0.25) is 4.79 Å². The van der Waals surface area contributed by atoms with Crippen molar-refractivity contribution < 1.29 is 4.79 Å². The smallest absolute Gasteiger partial charge is 0.244 e. The molecule has 5 rings (SSSR count). The first-order valence-corrected chi connectivity index (χ1v) is 11.2. The number of rotatable bonds is 5. The quantitative estimate of drug-likeness (QED) is 0.508. The normalized spacial score (nSPS) is 14.3. The van der Waals surface area contributed by atoms with E-state index >= 15 is 0 Å². The summed E-state index contributed by atoms with van der Waals surface area (Å²) in [6.45, 7) is 2.32. The number of hydrogen-bond acceptors (Lipinski definition) is 5. The van der Waals surface area contributed by atoms with Crippen molar-refractivity contribution in [1.82, 2.24) is 19.7 Å². The average molecular weight is 427 g/mol. The summed E-state index contributed by atoms with van der Waals surface area (Å²) in [6, 6.07) is 19.6. The predicted octanol–water partition coefficient (Wildman–Crippen LogP) is 4.51. The van der Waals surface area contributed by atoms with Crippen LogP contribution in [0.2, 0.25) is 0 Å². The third-order valence-electron chi connectivity index (χ3n) is 5.89. The lowest BCUT2D eigenvalue weighted by Crippen LogP contribution is -2.25. The molecular weight excluding hydrogens is 400 g/mol. The minimum atomic E-state index is -0.0949. The molecule has 0 radical (unpaired) electrons. The summed E-state index contributed by atoms with van der Waals surface area (Å²) in [5, 5.41) is 11.8. The van der Waals surface area contributed by atoms with Crippen LogP contribution >= 0.6 is 0 Å². The number of amides is 1. The van der Waals surface area contributed by atoms with E-state index < -0.39 is 0 Å². The fraction of sp³-hybridized carbons (Fsp3) is 0.280. The number of carbonyl (C=O) groups excluding carboxylic acids is 1. The maximum atomic E-state index is 12.5. The van der Waals surface area contributed by atoms with E-state index in [0.29, 0.717) is 0 Å². The third kappa shape index (κ3) is 4.46. The van der Waals surface area contributed by atoms with E-state index in [1.165, 1.54) is 25.7 Å². The molecule has 1 fully saturated rings. The number of carbonyl (C=O) groups is 1. The van der Waals surface area contributed by atoms with Crippen LogP contribution < -0.4 is 10.2 Å². The summed E-state index contributed by atoms with van der Waals surface area (Å²) in [6.07, 6.45) is 6.72. The predicted molar refractivity (Wildman–Crippen MR) is 127 cm³/mol. The molecule has 0 spiro atoms. The molecule has 1 aliphatic heterocycles. The van der Waals surface area contributed by atoms with Crippen LogP contribution in [0.25, 0.3) is 22.3 Å². The summed E-state index contributed by atoms with van der Waals surface area (Å²) >= 11 is 0. The molecule has 32 heavy (non-hydrogen) atoms. The van der Waals surface area contributed by atoms with Crippen molar-refractivity contribution in [2.75, 3.05) is 23.3 Å². The molecule has 1 aliphatic rings. The Bertz CT molecular complexity index is 1190. The Hall–Kier alpha value is -3.74. The van der Waals surface area contributed by atoms with Crippen molar-refractivity contribution in [1.29, 1.82) is 0 Å². The first-order chi connectivity index (χ1) is 15.8. The maximum Gasteiger partial charge on any atom is 0.244 e. The lowest BCUT2D eigenvalue weighted by molar-refractivity contribution is -0.116. The minimum Gasteiger partial charge on any atom is -0.355 e. The van der Waals surface area contributed by atoms with E-state index in [1.807, 2.05) is 59.2 Å². The van der Waals surface area contributed by atoms with Gasteiger partial charge in [-0.05, 0) is 49.2 Å². The van der Waals surface area contributed by atoms with E-state index in [0.717, 1.165) is 46.9 Å². The molecule has 0 atom stereocenters.